The molecule has 2 aliphatic carbocycles. The summed E-state index contributed by atoms with van der Waals surface area (Å²) in [6, 6.07) is 44.4. The Kier molecular flexibility index (Phi) is 7.10. The number of benzene rings is 5. The maximum Gasteiger partial charge on any atom is 0.0537 e. The van der Waals surface area contributed by atoms with E-state index in [9.17, 15) is 0 Å². The molecule has 0 atom stereocenters. The Balaban J connectivity index is 1.21. The number of fused-ring (bicyclic) bond motifs is 6. The second kappa shape index (κ2) is 11.5. The van der Waals surface area contributed by atoms with Crippen molar-refractivity contribution in [1.82, 2.24) is 4.57 Å². The number of hydrogen-bond acceptors (Lipinski definition) is 1. The molecule has 0 spiro atoms. The first-order valence-electron chi connectivity index (χ1n) is 16.8. The molecular weight excluding hydrogens is 569 g/mol. The van der Waals surface area contributed by atoms with Crippen LogP contribution in [0, 0.1) is 0 Å². The van der Waals surface area contributed by atoms with Crippen molar-refractivity contribution in [2.75, 3.05) is 4.90 Å². The molecule has 0 N–H and O–H groups in total. The summed E-state index contributed by atoms with van der Waals surface area (Å²) in [6.07, 6.45) is 11.3. The standard InChI is InChI=1S/C45H40N2/c1-31(33-15-7-5-8-16-33)23-24-32(2)46(34-17-9-6-10-18-34)35-25-27-37-38-28-26-36(30-42(38)45(3,4)41(37)29-35)47-43-21-13-11-19-39(43)40-20-12-14-22-44(40)47/h5-13,15-21,23-30H,14,22H2,1-4H3/b31-23+,32-24+. The minimum Gasteiger partial charge on any atom is -0.315 e. The molecule has 0 amide bonds. The predicted octanol–water partition coefficient (Wildman–Crippen LogP) is 12.0. The lowest BCUT2D eigenvalue weighted by atomic mass is 9.82. The molecule has 2 nitrogen and oxygen atoms in total. The van der Waals surface area contributed by atoms with Crippen molar-refractivity contribution in [3.63, 3.8) is 0 Å². The molecule has 8 rings (SSSR count). The van der Waals surface area contributed by atoms with Crippen LogP contribution in [0.2, 0.25) is 0 Å². The average molecular weight is 609 g/mol. The van der Waals surface area contributed by atoms with E-state index in [1.807, 2.05) is 0 Å². The monoisotopic (exact) mass is 608 g/mol. The van der Waals surface area contributed by atoms with Crippen molar-refractivity contribution in [1.29, 1.82) is 0 Å². The normalized spacial score (nSPS) is 15.0. The quantitative estimate of drug-likeness (QED) is 0.171. The molecule has 2 heteroatoms. The summed E-state index contributed by atoms with van der Waals surface area (Å²) in [6.45, 7) is 9.16. The first-order chi connectivity index (χ1) is 22.9. The first-order valence-corrected chi connectivity index (χ1v) is 16.8. The lowest BCUT2D eigenvalue weighted by Crippen LogP contribution is -2.18. The highest BCUT2D eigenvalue weighted by Gasteiger charge is 2.36. The minimum atomic E-state index is -0.149. The molecule has 47 heavy (non-hydrogen) atoms. The maximum atomic E-state index is 2.51. The SMILES string of the molecule is C/C(=C\C=C(/C)N(c1ccccc1)c1ccc2c(c1)C(C)(C)c1cc(-n3c4c(c5ccccc53)C=CCC4)ccc1-2)c1ccccc1. The van der Waals surface area contributed by atoms with Crippen molar-refractivity contribution in [2.24, 2.45) is 0 Å². The predicted molar refractivity (Wildman–Crippen MR) is 201 cm³/mol. The van der Waals surface area contributed by atoms with Gasteiger partial charge < -0.3 is 9.47 Å². The van der Waals surface area contributed by atoms with Gasteiger partial charge in [-0.2, -0.15) is 0 Å². The van der Waals surface area contributed by atoms with E-state index in [4.69, 9.17) is 0 Å². The molecule has 0 unspecified atom stereocenters. The number of aromatic nitrogens is 1. The van der Waals surface area contributed by atoms with Crippen LogP contribution in [0.3, 0.4) is 0 Å². The Labute approximate surface area is 278 Å². The van der Waals surface area contributed by atoms with Crippen LogP contribution in [0.1, 0.15) is 62.1 Å². The minimum absolute atomic E-state index is 0.149. The smallest absolute Gasteiger partial charge is 0.0537 e. The van der Waals surface area contributed by atoms with Crippen LogP contribution in [0.5, 0.6) is 0 Å². The van der Waals surface area contributed by atoms with Crippen molar-refractivity contribution in [2.45, 2.75) is 46.0 Å². The third kappa shape index (κ3) is 4.87. The van der Waals surface area contributed by atoms with E-state index in [1.165, 1.54) is 72.6 Å². The fourth-order valence-electron chi connectivity index (χ4n) is 7.71. The Morgan fingerprint density at radius 3 is 2.17 bits per heavy atom. The third-order valence-corrected chi connectivity index (χ3v) is 10.2. The van der Waals surface area contributed by atoms with Crippen LogP contribution in [0.4, 0.5) is 11.4 Å². The molecular formula is C45H40N2. The lowest BCUT2D eigenvalue weighted by molar-refractivity contribution is 0.659. The van der Waals surface area contributed by atoms with E-state index >= 15 is 0 Å². The number of hydrogen-bond donors (Lipinski definition) is 0. The molecule has 5 aromatic carbocycles. The summed E-state index contributed by atoms with van der Waals surface area (Å²) in [5.74, 6) is 0. The van der Waals surface area contributed by atoms with E-state index in [0.29, 0.717) is 0 Å². The van der Waals surface area contributed by atoms with Gasteiger partial charge in [-0.3, -0.25) is 0 Å². The highest BCUT2D eigenvalue weighted by atomic mass is 15.1. The third-order valence-electron chi connectivity index (χ3n) is 10.2. The summed E-state index contributed by atoms with van der Waals surface area (Å²) in [7, 11) is 0. The molecule has 0 aliphatic heterocycles. The van der Waals surface area contributed by atoms with Gasteiger partial charge in [0.15, 0.2) is 0 Å². The van der Waals surface area contributed by atoms with Gasteiger partial charge in [-0.15, -0.1) is 0 Å². The Morgan fingerprint density at radius 1 is 0.702 bits per heavy atom. The van der Waals surface area contributed by atoms with Crippen LogP contribution in [0.15, 0.2) is 145 Å². The van der Waals surface area contributed by atoms with Gasteiger partial charge in [0, 0.05) is 44.8 Å². The topological polar surface area (TPSA) is 8.17 Å². The van der Waals surface area contributed by atoms with E-state index in [2.05, 4.69) is 183 Å². The van der Waals surface area contributed by atoms with Crippen molar-refractivity contribution in [3.05, 3.63) is 173 Å². The maximum absolute atomic E-state index is 2.51. The molecule has 0 bridgehead atoms. The van der Waals surface area contributed by atoms with Crippen LogP contribution < -0.4 is 4.90 Å². The Hall–Kier alpha value is -5.34. The largest absolute Gasteiger partial charge is 0.315 e. The summed E-state index contributed by atoms with van der Waals surface area (Å²) in [5, 5.41) is 1.34. The fraction of sp³-hybridized carbons (Fsp3) is 0.156. The number of para-hydroxylation sites is 2. The molecule has 0 radical (unpaired) electrons. The zero-order valence-electron chi connectivity index (χ0n) is 27.7. The second-order valence-corrected chi connectivity index (χ2v) is 13.4. The highest BCUT2D eigenvalue weighted by Crippen LogP contribution is 2.51. The molecule has 0 saturated carbocycles. The summed E-state index contributed by atoms with van der Waals surface area (Å²) >= 11 is 0. The number of nitrogens with zero attached hydrogens (tertiary/aromatic N) is 2. The second-order valence-electron chi connectivity index (χ2n) is 13.4. The summed E-state index contributed by atoms with van der Waals surface area (Å²) < 4.78 is 2.51. The molecule has 230 valence electrons. The van der Waals surface area contributed by atoms with Gasteiger partial charge in [0.2, 0.25) is 0 Å². The average Bonchev–Trinajstić information content (AvgIpc) is 3.56. The number of rotatable bonds is 6. The van der Waals surface area contributed by atoms with E-state index in [0.717, 1.165) is 18.5 Å². The summed E-state index contributed by atoms with van der Waals surface area (Å²) in [4.78, 5) is 2.38. The van der Waals surface area contributed by atoms with E-state index in [1.54, 1.807) is 0 Å². The van der Waals surface area contributed by atoms with E-state index < -0.39 is 0 Å². The van der Waals surface area contributed by atoms with Gasteiger partial charge in [-0.1, -0.05) is 111 Å². The zero-order chi connectivity index (χ0) is 32.1. The van der Waals surface area contributed by atoms with Gasteiger partial charge >= 0.3 is 0 Å². The van der Waals surface area contributed by atoms with Gasteiger partial charge in [-0.25, -0.2) is 0 Å². The van der Waals surface area contributed by atoms with Crippen LogP contribution >= 0.6 is 0 Å². The van der Waals surface area contributed by atoms with Crippen LogP contribution in [0.25, 0.3) is 39.4 Å². The number of anilines is 2. The van der Waals surface area contributed by atoms with Crippen molar-refractivity contribution >= 4 is 33.9 Å². The fourth-order valence-corrected chi connectivity index (χ4v) is 7.71. The van der Waals surface area contributed by atoms with Gasteiger partial charge in [0.05, 0.1) is 5.52 Å². The molecule has 6 aromatic rings. The highest BCUT2D eigenvalue weighted by molar-refractivity contribution is 5.94. The van der Waals surface area contributed by atoms with Crippen molar-refractivity contribution in [3.8, 4) is 16.8 Å². The zero-order valence-corrected chi connectivity index (χ0v) is 27.7. The van der Waals surface area contributed by atoms with Crippen LogP contribution in [-0.2, 0) is 11.8 Å². The van der Waals surface area contributed by atoms with Gasteiger partial charge in [-0.05, 0) is 109 Å². The first kappa shape index (κ1) is 29.1. The molecule has 0 fully saturated rings. The Bertz CT molecular complexity index is 2230. The van der Waals surface area contributed by atoms with Crippen molar-refractivity contribution < 1.29 is 0 Å². The van der Waals surface area contributed by atoms with Gasteiger partial charge in [0.1, 0.15) is 0 Å². The Morgan fingerprint density at radius 2 is 1.38 bits per heavy atom. The molecule has 0 saturated heterocycles. The summed E-state index contributed by atoms with van der Waals surface area (Å²) in [5.41, 5.74) is 16.6. The molecule has 2 aliphatic rings. The van der Waals surface area contributed by atoms with Crippen LogP contribution in [-0.4, -0.2) is 4.57 Å². The number of allylic oxidation sites excluding steroid dienone is 5. The van der Waals surface area contributed by atoms with Gasteiger partial charge in [0.25, 0.3) is 0 Å². The molecule has 1 heterocycles. The van der Waals surface area contributed by atoms with E-state index in [-0.39, 0.29) is 5.41 Å². The lowest BCUT2D eigenvalue weighted by Gasteiger charge is -2.28. The molecule has 1 aromatic heterocycles.